The molecule has 1 aromatic rings. The molecule has 6 nitrogen and oxygen atoms in total. The molecule has 1 heterocycles. The van der Waals surface area contributed by atoms with E-state index in [0.717, 1.165) is 19.4 Å². The van der Waals surface area contributed by atoms with E-state index >= 15 is 0 Å². The van der Waals surface area contributed by atoms with E-state index in [2.05, 4.69) is 10.6 Å². The minimum atomic E-state index is -0.516. The number of hydrogen-bond acceptors (Lipinski definition) is 4. The van der Waals surface area contributed by atoms with Crippen LogP contribution in [0.5, 0.6) is 0 Å². The van der Waals surface area contributed by atoms with Gasteiger partial charge < -0.3 is 21.1 Å². The molecule has 2 amide bonds. The topological polar surface area (TPSA) is 93.5 Å². The average molecular weight is 277 g/mol. The van der Waals surface area contributed by atoms with Crippen LogP contribution in [0, 0.1) is 0 Å². The minimum Gasteiger partial charge on any atom is -0.377 e. The third kappa shape index (κ3) is 4.32. The van der Waals surface area contributed by atoms with Gasteiger partial charge in [-0.2, -0.15) is 0 Å². The minimum absolute atomic E-state index is 0.162. The van der Waals surface area contributed by atoms with Crippen molar-refractivity contribution in [1.29, 1.82) is 0 Å². The molecule has 20 heavy (non-hydrogen) atoms. The molecule has 4 N–H and O–H groups in total. The molecule has 1 unspecified atom stereocenters. The summed E-state index contributed by atoms with van der Waals surface area (Å²) in [4.78, 5) is 22.8. The Bertz CT molecular complexity index is 484. The highest BCUT2D eigenvalue weighted by molar-refractivity contribution is 5.96. The number of carbonyl (C=O) groups is 2. The van der Waals surface area contributed by atoms with Crippen molar-refractivity contribution in [2.24, 2.45) is 5.73 Å². The molecular formula is C14H19N3O3. The Balaban J connectivity index is 1.76. The first-order chi connectivity index (χ1) is 9.65. The predicted molar refractivity (Wildman–Crippen MR) is 75.4 cm³/mol. The smallest absolute Gasteiger partial charge is 0.248 e. The Morgan fingerprint density at radius 1 is 1.40 bits per heavy atom. The highest BCUT2D eigenvalue weighted by Gasteiger charge is 2.15. The lowest BCUT2D eigenvalue weighted by atomic mass is 10.2. The number of amides is 2. The molecule has 0 aliphatic carbocycles. The molecule has 0 saturated carbocycles. The number of nitrogens with two attached hydrogens (primary N) is 1. The largest absolute Gasteiger partial charge is 0.377 e. The van der Waals surface area contributed by atoms with Crippen LogP contribution in [0.15, 0.2) is 24.3 Å². The molecule has 108 valence electrons. The normalized spacial score (nSPS) is 17.9. The van der Waals surface area contributed by atoms with Crippen molar-refractivity contribution >= 4 is 17.5 Å². The molecule has 1 aliphatic rings. The van der Waals surface area contributed by atoms with Gasteiger partial charge in [0.1, 0.15) is 0 Å². The number of benzene rings is 1. The van der Waals surface area contributed by atoms with Gasteiger partial charge in [0.15, 0.2) is 0 Å². The summed E-state index contributed by atoms with van der Waals surface area (Å²) in [5.41, 5.74) is 6.12. The third-order valence-corrected chi connectivity index (χ3v) is 3.11. The molecule has 1 fully saturated rings. The maximum absolute atomic E-state index is 11.7. The first-order valence-electron chi connectivity index (χ1n) is 6.67. The first-order valence-corrected chi connectivity index (χ1v) is 6.67. The summed E-state index contributed by atoms with van der Waals surface area (Å²) in [5, 5.41) is 5.77. The standard InChI is InChI=1S/C14H19N3O3/c15-14(19)10-3-1-4-11(7-10)17-13(18)9-16-8-12-5-2-6-20-12/h1,3-4,7,12,16H,2,5-6,8-9H2,(H2,15,19)(H,17,18). The lowest BCUT2D eigenvalue weighted by Gasteiger charge is -2.11. The summed E-state index contributed by atoms with van der Waals surface area (Å²) in [6, 6.07) is 6.55. The Morgan fingerprint density at radius 3 is 2.95 bits per heavy atom. The quantitative estimate of drug-likeness (QED) is 0.705. The number of nitrogens with one attached hydrogen (secondary N) is 2. The van der Waals surface area contributed by atoms with Gasteiger partial charge in [0, 0.05) is 24.4 Å². The second kappa shape index (κ2) is 7.02. The summed E-state index contributed by atoms with van der Waals surface area (Å²) in [6.07, 6.45) is 2.33. The highest BCUT2D eigenvalue weighted by Crippen LogP contribution is 2.11. The van der Waals surface area contributed by atoms with E-state index < -0.39 is 5.91 Å². The zero-order chi connectivity index (χ0) is 14.4. The molecule has 1 aliphatic heterocycles. The fraction of sp³-hybridized carbons (Fsp3) is 0.429. The van der Waals surface area contributed by atoms with Gasteiger partial charge in [0.2, 0.25) is 11.8 Å². The average Bonchev–Trinajstić information content (AvgIpc) is 2.92. The second-order valence-electron chi connectivity index (χ2n) is 4.76. The van der Waals surface area contributed by atoms with Crippen LogP contribution in [0.1, 0.15) is 23.2 Å². The number of hydrogen-bond donors (Lipinski definition) is 3. The van der Waals surface area contributed by atoms with Gasteiger partial charge in [-0.05, 0) is 31.0 Å². The van der Waals surface area contributed by atoms with Crippen molar-refractivity contribution in [1.82, 2.24) is 5.32 Å². The molecular weight excluding hydrogens is 258 g/mol. The van der Waals surface area contributed by atoms with Gasteiger partial charge >= 0.3 is 0 Å². The van der Waals surface area contributed by atoms with Gasteiger partial charge in [-0.25, -0.2) is 0 Å². The molecule has 0 spiro atoms. The number of rotatable bonds is 6. The molecule has 1 saturated heterocycles. The number of ether oxygens (including phenoxy) is 1. The van der Waals surface area contributed by atoms with E-state index in [4.69, 9.17) is 10.5 Å². The maximum atomic E-state index is 11.7. The van der Waals surface area contributed by atoms with Crippen molar-refractivity contribution in [3.05, 3.63) is 29.8 Å². The van der Waals surface area contributed by atoms with E-state index in [1.165, 1.54) is 0 Å². The van der Waals surface area contributed by atoms with Crippen LogP contribution in [-0.4, -0.2) is 37.6 Å². The van der Waals surface area contributed by atoms with E-state index in [0.29, 0.717) is 17.8 Å². The fourth-order valence-electron chi connectivity index (χ4n) is 2.11. The van der Waals surface area contributed by atoms with E-state index in [1.54, 1.807) is 24.3 Å². The molecule has 6 heteroatoms. The first kappa shape index (κ1) is 14.5. The molecule has 1 atom stereocenters. The van der Waals surface area contributed by atoms with Crippen molar-refractivity contribution in [3.8, 4) is 0 Å². The van der Waals surface area contributed by atoms with Crippen LogP contribution in [0.2, 0.25) is 0 Å². The van der Waals surface area contributed by atoms with Crippen LogP contribution >= 0.6 is 0 Å². The number of primary amides is 1. The van der Waals surface area contributed by atoms with Crippen LogP contribution in [-0.2, 0) is 9.53 Å². The van der Waals surface area contributed by atoms with Crippen LogP contribution in [0.3, 0.4) is 0 Å². The molecule has 0 aromatic heterocycles. The Labute approximate surface area is 117 Å². The van der Waals surface area contributed by atoms with Crippen molar-refractivity contribution in [2.75, 3.05) is 25.0 Å². The fourth-order valence-corrected chi connectivity index (χ4v) is 2.11. The maximum Gasteiger partial charge on any atom is 0.248 e. The SMILES string of the molecule is NC(=O)c1cccc(NC(=O)CNCC2CCCO2)c1. The molecule has 2 rings (SSSR count). The zero-order valence-electron chi connectivity index (χ0n) is 11.2. The summed E-state index contributed by atoms with van der Waals surface area (Å²) >= 11 is 0. The summed E-state index contributed by atoms with van der Waals surface area (Å²) in [5.74, 6) is -0.678. The molecule has 0 bridgehead atoms. The van der Waals surface area contributed by atoms with Crippen molar-refractivity contribution < 1.29 is 14.3 Å². The van der Waals surface area contributed by atoms with Gasteiger partial charge in [0.25, 0.3) is 0 Å². The third-order valence-electron chi connectivity index (χ3n) is 3.11. The van der Waals surface area contributed by atoms with Gasteiger partial charge in [-0.15, -0.1) is 0 Å². The van der Waals surface area contributed by atoms with E-state index in [1.807, 2.05) is 0 Å². The number of anilines is 1. The van der Waals surface area contributed by atoms with Crippen molar-refractivity contribution in [3.63, 3.8) is 0 Å². The van der Waals surface area contributed by atoms with Crippen molar-refractivity contribution in [2.45, 2.75) is 18.9 Å². The van der Waals surface area contributed by atoms with Crippen LogP contribution in [0.25, 0.3) is 0 Å². The monoisotopic (exact) mass is 277 g/mol. The summed E-state index contributed by atoms with van der Waals surface area (Å²) in [6.45, 7) is 1.69. The van der Waals surface area contributed by atoms with Crippen LogP contribution < -0.4 is 16.4 Å². The summed E-state index contributed by atoms with van der Waals surface area (Å²) < 4.78 is 5.45. The summed E-state index contributed by atoms with van der Waals surface area (Å²) in [7, 11) is 0. The Hall–Kier alpha value is -1.92. The Kier molecular flexibility index (Phi) is 5.09. The lowest BCUT2D eigenvalue weighted by molar-refractivity contribution is -0.115. The molecule has 1 aromatic carbocycles. The predicted octanol–water partition coefficient (Wildman–Crippen LogP) is 0.493. The lowest BCUT2D eigenvalue weighted by Crippen LogP contribution is -2.33. The van der Waals surface area contributed by atoms with Gasteiger partial charge in [-0.1, -0.05) is 6.07 Å². The van der Waals surface area contributed by atoms with Crippen LogP contribution in [0.4, 0.5) is 5.69 Å². The second-order valence-corrected chi connectivity index (χ2v) is 4.76. The Morgan fingerprint density at radius 2 is 2.25 bits per heavy atom. The highest BCUT2D eigenvalue weighted by atomic mass is 16.5. The van der Waals surface area contributed by atoms with E-state index in [9.17, 15) is 9.59 Å². The van der Waals surface area contributed by atoms with Gasteiger partial charge in [0.05, 0.1) is 12.6 Å². The zero-order valence-corrected chi connectivity index (χ0v) is 11.2. The number of carbonyl (C=O) groups excluding carboxylic acids is 2. The molecule has 0 radical (unpaired) electrons. The van der Waals surface area contributed by atoms with Gasteiger partial charge in [-0.3, -0.25) is 9.59 Å². The van der Waals surface area contributed by atoms with E-state index in [-0.39, 0.29) is 18.6 Å².